The highest BCUT2D eigenvalue weighted by atomic mass is 16.5. The van der Waals surface area contributed by atoms with Gasteiger partial charge in [0.2, 0.25) is 0 Å². The number of benzene rings is 1. The van der Waals surface area contributed by atoms with Crippen molar-refractivity contribution in [2.75, 3.05) is 19.0 Å². The van der Waals surface area contributed by atoms with E-state index in [9.17, 15) is 4.79 Å². The number of nitrogens with zero attached hydrogens (tertiary/aromatic N) is 1. The van der Waals surface area contributed by atoms with Gasteiger partial charge >= 0.3 is 5.97 Å². The molecule has 1 aromatic rings. The standard InChI is InChI=1S/C14H16N2O3/c1-3-8-15-14-16-11-7-5-4-6-10(11)12(19-14)9-13(17)18-2/h4-7,9H,3,8H2,1-2H3,(H,15,16)/b12-9-. The molecule has 0 fully saturated rings. The van der Waals surface area contributed by atoms with Gasteiger partial charge in [0.15, 0.2) is 0 Å². The van der Waals surface area contributed by atoms with E-state index >= 15 is 0 Å². The first kappa shape index (κ1) is 13.1. The van der Waals surface area contributed by atoms with Gasteiger partial charge in [-0.25, -0.2) is 9.79 Å². The van der Waals surface area contributed by atoms with Crippen molar-refractivity contribution < 1.29 is 14.3 Å². The number of aliphatic imine (C=N–C) groups is 1. The fourth-order valence-electron chi connectivity index (χ4n) is 1.67. The predicted molar refractivity (Wildman–Crippen MR) is 73.7 cm³/mol. The van der Waals surface area contributed by atoms with Crippen molar-refractivity contribution in [2.45, 2.75) is 13.3 Å². The van der Waals surface area contributed by atoms with E-state index in [2.05, 4.69) is 15.0 Å². The lowest BCUT2D eigenvalue weighted by atomic mass is 10.1. The summed E-state index contributed by atoms with van der Waals surface area (Å²) < 4.78 is 10.2. The number of methoxy groups -OCH3 is 1. The Labute approximate surface area is 111 Å². The summed E-state index contributed by atoms with van der Waals surface area (Å²) in [5, 5.41) is 3.09. The van der Waals surface area contributed by atoms with Gasteiger partial charge in [0.05, 0.1) is 18.9 Å². The molecular formula is C14H16N2O3. The van der Waals surface area contributed by atoms with E-state index in [0.717, 1.165) is 17.7 Å². The van der Waals surface area contributed by atoms with E-state index < -0.39 is 5.97 Å². The fraction of sp³-hybridized carbons (Fsp3) is 0.286. The molecule has 0 radical (unpaired) electrons. The molecular weight excluding hydrogens is 244 g/mol. The maximum atomic E-state index is 11.4. The Bertz CT molecular complexity index is 535. The molecule has 0 amide bonds. The Hall–Kier alpha value is -2.30. The zero-order chi connectivity index (χ0) is 13.7. The number of ether oxygens (including phenoxy) is 2. The van der Waals surface area contributed by atoms with Gasteiger partial charge in [-0.2, -0.15) is 0 Å². The van der Waals surface area contributed by atoms with Gasteiger partial charge in [-0.1, -0.05) is 19.1 Å². The molecule has 1 heterocycles. The van der Waals surface area contributed by atoms with Crippen molar-refractivity contribution in [2.24, 2.45) is 4.99 Å². The number of fused-ring (bicyclic) bond motifs is 1. The molecule has 0 saturated heterocycles. The molecule has 0 saturated carbocycles. The highest BCUT2D eigenvalue weighted by Gasteiger charge is 2.20. The summed E-state index contributed by atoms with van der Waals surface area (Å²) in [6.07, 6.45) is 2.24. The molecule has 0 aliphatic carbocycles. The summed E-state index contributed by atoms with van der Waals surface area (Å²) in [6.45, 7) is 2.70. The van der Waals surface area contributed by atoms with Crippen LogP contribution in [0, 0.1) is 0 Å². The van der Waals surface area contributed by atoms with Crippen molar-refractivity contribution in [1.82, 2.24) is 0 Å². The molecule has 1 aliphatic rings. The molecule has 100 valence electrons. The number of hydrogen-bond acceptors (Lipinski definition) is 4. The van der Waals surface area contributed by atoms with Crippen molar-refractivity contribution in [3.63, 3.8) is 0 Å². The van der Waals surface area contributed by atoms with Gasteiger partial charge in [0.1, 0.15) is 5.76 Å². The number of para-hydroxylation sites is 1. The first-order valence-corrected chi connectivity index (χ1v) is 6.13. The second kappa shape index (κ2) is 6.04. The minimum atomic E-state index is -0.457. The first-order chi connectivity index (χ1) is 9.24. The SMILES string of the molecule is CCCN=C1Nc2ccccc2/C(=C/C(=O)OC)O1. The molecule has 1 aromatic carbocycles. The number of anilines is 1. The van der Waals surface area contributed by atoms with Crippen LogP contribution in [0.4, 0.5) is 5.69 Å². The first-order valence-electron chi connectivity index (χ1n) is 6.13. The summed E-state index contributed by atoms with van der Waals surface area (Å²) >= 11 is 0. The highest BCUT2D eigenvalue weighted by Crippen LogP contribution is 2.29. The van der Waals surface area contributed by atoms with E-state index in [-0.39, 0.29) is 0 Å². The Balaban J connectivity index is 2.37. The average molecular weight is 260 g/mol. The average Bonchev–Trinajstić information content (AvgIpc) is 2.45. The third-order valence-corrected chi connectivity index (χ3v) is 2.57. The highest BCUT2D eigenvalue weighted by molar-refractivity contribution is 6.03. The van der Waals surface area contributed by atoms with E-state index in [4.69, 9.17) is 4.74 Å². The van der Waals surface area contributed by atoms with Crippen LogP contribution in [0.2, 0.25) is 0 Å². The van der Waals surface area contributed by atoms with Crippen LogP contribution >= 0.6 is 0 Å². The van der Waals surface area contributed by atoms with Gasteiger partial charge in [0, 0.05) is 12.1 Å². The van der Waals surface area contributed by atoms with Crippen LogP contribution < -0.4 is 5.32 Å². The quantitative estimate of drug-likeness (QED) is 0.669. The van der Waals surface area contributed by atoms with Crippen LogP contribution in [0.1, 0.15) is 18.9 Å². The number of amidine groups is 1. The maximum absolute atomic E-state index is 11.4. The molecule has 0 unspecified atom stereocenters. The number of hydrogen-bond donors (Lipinski definition) is 1. The summed E-state index contributed by atoms with van der Waals surface area (Å²) in [5.74, 6) is -0.0161. The Kier molecular flexibility index (Phi) is 4.18. The van der Waals surface area contributed by atoms with E-state index in [1.54, 1.807) is 0 Å². The summed E-state index contributed by atoms with van der Waals surface area (Å²) in [5.41, 5.74) is 1.67. The number of carbonyl (C=O) groups is 1. The normalized spacial score (nSPS) is 17.6. The molecule has 0 aromatic heterocycles. The number of nitrogens with one attached hydrogen (secondary N) is 1. The van der Waals surface area contributed by atoms with E-state index in [0.29, 0.717) is 18.3 Å². The summed E-state index contributed by atoms with van der Waals surface area (Å²) in [4.78, 5) is 15.6. The third-order valence-electron chi connectivity index (χ3n) is 2.57. The lowest BCUT2D eigenvalue weighted by molar-refractivity contribution is -0.134. The van der Waals surface area contributed by atoms with Crippen LogP contribution in [0.15, 0.2) is 35.3 Å². The molecule has 1 N–H and O–H groups in total. The predicted octanol–water partition coefficient (Wildman–Crippen LogP) is 2.41. The Morgan fingerprint density at radius 1 is 1.47 bits per heavy atom. The largest absolute Gasteiger partial charge is 0.466 e. The fourth-order valence-corrected chi connectivity index (χ4v) is 1.67. The molecule has 19 heavy (non-hydrogen) atoms. The molecule has 0 atom stereocenters. The van der Waals surface area contributed by atoms with Crippen LogP contribution in [-0.4, -0.2) is 25.6 Å². The maximum Gasteiger partial charge on any atom is 0.334 e. The topological polar surface area (TPSA) is 59.9 Å². The van der Waals surface area contributed by atoms with Crippen LogP contribution in [0.25, 0.3) is 5.76 Å². The smallest absolute Gasteiger partial charge is 0.334 e. The van der Waals surface area contributed by atoms with Gasteiger partial charge in [-0.15, -0.1) is 0 Å². The van der Waals surface area contributed by atoms with E-state index in [1.165, 1.54) is 13.2 Å². The van der Waals surface area contributed by atoms with Crippen LogP contribution in [0.5, 0.6) is 0 Å². The van der Waals surface area contributed by atoms with E-state index in [1.807, 2.05) is 31.2 Å². The Morgan fingerprint density at radius 3 is 3.00 bits per heavy atom. The number of carbonyl (C=O) groups excluding carboxylic acids is 1. The second-order valence-electron chi connectivity index (χ2n) is 3.99. The van der Waals surface area contributed by atoms with Gasteiger partial charge in [-0.3, -0.25) is 0 Å². The van der Waals surface area contributed by atoms with Gasteiger partial charge in [-0.05, 0) is 18.6 Å². The van der Waals surface area contributed by atoms with Crippen molar-refractivity contribution in [1.29, 1.82) is 0 Å². The molecule has 1 aliphatic heterocycles. The van der Waals surface area contributed by atoms with Gasteiger partial charge in [0.25, 0.3) is 6.02 Å². The summed E-state index contributed by atoms with van der Waals surface area (Å²) in [7, 11) is 1.33. The zero-order valence-electron chi connectivity index (χ0n) is 11.0. The van der Waals surface area contributed by atoms with Crippen LogP contribution in [-0.2, 0) is 14.3 Å². The minimum absolute atomic E-state index is 0.399. The molecule has 0 spiro atoms. The van der Waals surface area contributed by atoms with Gasteiger partial charge < -0.3 is 14.8 Å². The molecule has 0 bridgehead atoms. The summed E-state index contributed by atoms with van der Waals surface area (Å²) in [6, 6.07) is 7.96. The number of rotatable bonds is 3. The van der Waals surface area contributed by atoms with Crippen molar-refractivity contribution >= 4 is 23.4 Å². The minimum Gasteiger partial charge on any atom is -0.466 e. The lowest BCUT2D eigenvalue weighted by Gasteiger charge is -2.22. The third kappa shape index (κ3) is 3.13. The molecule has 2 rings (SSSR count). The number of esters is 1. The molecule has 5 nitrogen and oxygen atoms in total. The zero-order valence-corrected chi connectivity index (χ0v) is 11.0. The van der Waals surface area contributed by atoms with Crippen molar-refractivity contribution in [3.05, 3.63) is 35.9 Å². The van der Waals surface area contributed by atoms with Crippen LogP contribution in [0.3, 0.4) is 0 Å². The molecule has 5 heteroatoms. The monoisotopic (exact) mass is 260 g/mol. The second-order valence-corrected chi connectivity index (χ2v) is 3.99. The Morgan fingerprint density at radius 2 is 2.26 bits per heavy atom. The lowest BCUT2D eigenvalue weighted by Crippen LogP contribution is -2.22. The van der Waals surface area contributed by atoms with Crippen molar-refractivity contribution in [3.8, 4) is 0 Å².